The molecule has 0 heterocycles. The Morgan fingerprint density at radius 3 is 2.57 bits per heavy atom. The lowest BCUT2D eigenvalue weighted by molar-refractivity contribution is 0.296. The van der Waals surface area contributed by atoms with E-state index in [1.165, 1.54) is 50.5 Å². The van der Waals surface area contributed by atoms with E-state index in [-0.39, 0.29) is 0 Å². The van der Waals surface area contributed by atoms with E-state index in [2.05, 4.69) is 18.3 Å². The van der Waals surface area contributed by atoms with Crippen LogP contribution in [-0.4, -0.2) is 12.6 Å². The fraction of sp³-hybridized carbons (Fsp3) is 0.667. The molecule has 1 fully saturated rings. The minimum Gasteiger partial charge on any atom is -0.314 e. The zero-order chi connectivity index (χ0) is 15.1. The van der Waals surface area contributed by atoms with Gasteiger partial charge in [0.05, 0.1) is 10.0 Å². The van der Waals surface area contributed by atoms with Crippen molar-refractivity contribution >= 4 is 23.2 Å². The van der Waals surface area contributed by atoms with Crippen molar-refractivity contribution in [1.82, 2.24) is 5.32 Å². The summed E-state index contributed by atoms with van der Waals surface area (Å²) in [6.45, 7) is 3.32. The van der Waals surface area contributed by atoms with Crippen LogP contribution in [0.1, 0.15) is 57.4 Å². The molecular formula is C18H27Cl2N. The van der Waals surface area contributed by atoms with Crippen molar-refractivity contribution in [3.05, 3.63) is 33.8 Å². The second kappa shape index (κ2) is 9.02. The summed E-state index contributed by atoms with van der Waals surface area (Å²) in [6.07, 6.45) is 10.6. The van der Waals surface area contributed by atoms with E-state index in [9.17, 15) is 0 Å². The molecule has 0 radical (unpaired) electrons. The smallest absolute Gasteiger partial charge is 0.0595 e. The molecule has 0 saturated heterocycles. The first-order valence-corrected chi connectivity index (χ1v) is 9.12. The van der Waals surface area contributed by atoms with Crippen molar-refractivity contribution in [2.45, 2.75) is 64.3 Å². The molecule has 1 nitrogen and oxygen atoms in total. The molecule has 1 aliphatic carbocycles. The first kappa shape index (κ1) is 17.1. The maximum absolute atomic E-state index is 6.14. The minimum absolute atomic E-state index is 0.560. The molecule has 1 unspecified atom stereocenters. The Labute approximate surface area is 139 Å². The second-order valence-electron chi connectivity index (χ2n) is 6.34. The van der Waals surface area contributed by atoms with Gasteiger partial charge in [0.1, 0.15) is 0 Å². The van der Waals surface area contributed by atoms with Crippen molar-refractivity contribution in [2.24, 2.45) is 5.92 Å². The summed E-state index contributed by atoms with van der Waals surface area (Å²) in [6, 6.07) is 6.60. The fourth-order valence-corrected chi connectivity index (χ4v) is 3.68. The second-order valence-corrected chi connectivity index (χ2v) is 7.16. The first-order chi connectivity index (χ1) is 10.2. The molecule has 1 atom stereocenters. The molecule has 0 bridgehead atoms. The molecule has 1 aliphatic rings. The van der Waals surface area contributed by atoms with E-state index in [4.69, 9.17) is 23.2 Å². The van der Waals surface area contributed by atoms with Gasteiger partial charge in [-0.15, -0.1) is 0 Å². The number of hydrogen-bond acceptors (Lipinski definition) is 1. The minimum atomic E-state index is 0.560. The van der Waals surface area contributed by atoms with Gasteiger partial charge in [-0.3, -0.25) is 0 Å². The van der Waals surface area contributed by atoms with Gasteiger partial charge >= 0.3 is 0 Å². The lowest BCUT2D eigenvalue weighted by Gasteiger charge is -2.27. The molecule has 0 spiro atoms. The van der Waals surface area contributed by atoms with Gasteiger partial charge in [0, 0.05) is 6.04 Å². The number of benzene rings is 1. The Hall–Kier alpha value is -0.240. The van der Waals surface area contributed by atoms with Gasteiger partial charge < -0.3 is 5.32 Å². The van der Waals surface area contributed by atoms with E-state index in [0.717, 1.165) is 18.9 Å². The fourth-order valence-electron chi connectivity index (χ4n) is 3.36. The third-order valence-corrected chi connectivity index (χ3v) is 5.23. The van der Waals surface area contributed by atoms with Gasteiger partial charge in [0.15, 0.2) is 0 Å². The number of hydrogen-bond donors (Lipinski definition) is 1. The summed E-state index contributed by atoms with van der Waals surface area (Å²) in [5, 5.41) is 5.04. The molecule has 0 aromatic heterocycles. The van der Waals surface area contributed by atoms with Gasteiger partial charge in [-0.1, -0.05) is 68.3 Å². The Morgan fingerprint density at radius 2 is 1.90 bits per heavy atom. The van der Waals surface area contributed by atoms with Crippen molar-refractivity contribution in [3.63, 3.8) is 0 Å². The topological polar surface area (TPSA) is 12.0 Å². The maximum Gasteiger partial charge on any atom is 0.0595 e. The van der Waals surface area contributed by atoms with E-state index in [0.29, 0.717) is 16.1 Å². The van der Waals surface area contributed by atoms with Crippen molar-refractivity contribution in [3.8, 4) is 0 Å². The highest BCUT2D eigenvalue weighted by molar-refractivity contribution is 6.42. The molecule has 1 saturated carbocycles. The molecule has 1 N–H and O–H groups in total. The molecule has 0 aliphatic heterocycles. The van der Waals surface area contributed by atoms with Crippen LogP contribution < -0.4 is 5.32 Å². The zero-order valence-corrected chi connectivity index (χ0v) is 14.5. The first-order valence-electron chi connectivity index (χ1n) is 8.36. The third-order valence-electron chi connectivity index (χ3n) is 4.49. The van der Waals surface area contributed by atoms with Crippen molar-refractivity contribution in [2.75, 3.05) is 6.54 Å². The Bertz CT molecular complexity index is 427. The largest absolute Gasteiger partial charge is 0.314 e. The van der Waals surface area contributed by atoms with Crippen molar-refractivity contribution < 1.29 is 0 Å². The predicted octanol–water partition coefficient (Wildman–Crippen LogP) is 5.87. The van der Waals surface area contributed by atoms with Crippen LogP contribution in [0.4, 0.5) is 0 Å². The van der Waals surface area contributed by atoms with Gasteiger partial charge in [-0.05, 0) is 49.4 Å². The lowest BCUT2D eigenvalue weighted by Crippen LogP contribution is -2.34. The monoisotopic (exact) mass is 327 g/mol. The van der Waals surface area contributed by atoms with Crippen LogP contribution in [0.5, 0.6) is 0 Å². The third kappa shape index (κ3) is 5.81. The van der Waals surface area contributed by atoms with Crippen LogP contribution in [0.25, 0.3) is 0 Å². The van der Waals surface area contributed by atoms with E-state index < -0.39 is 0 Å². The summed E-state index contributed by atoms with van der Waals surface area (Å²) >= 11 is 12.2. The molecule has 3 heteroatoms. The standard InChI is InChI=1S/C18H27Cl2N/c1-2-10-21-16(11-14-6-4-3-5-7-14)12-15-8-9-17(19)18(20)13-15/h8-9,13-14,16,21H,2-7,10-12H2,1H3. The van der Waals surface area contributed by atoms with Crippen molar-refractivity contribution in [1.29, 1.82) is 0 Å². The normalized spacial score (nSPS) is 17.9. The Kier molecular flexibility index (Phi) is 7.36. The molecular weight excluding hydrogens is 301 g/mol. The van der Waals surface area contributed by atoms with E-state index >= 15 is 0 Å². The highest BCUT2D eigenvalue weighted by atomic mass is 35.5. The highest BCUT2D eigenvalue weighted by Gasteiger charge is 2.19. The highest BCUT2D eigenvalue weighted by Crippen LogP contribution is 2.29. The summed E-state index contributed by atoms with van der Waals surface area (Å²) in [5.41, 5.74) is 1.29. The molecule has 2 rings (SSSR count). The number of halogens is 2. The average Bonchev–Trinajstić information content (AvgIpc) is 2.49. The van der Waals surface area contributed by atoms with Crippen LogP contribution in [0.2, 0.25) is 10.0 Å². The molecule has 118 valence electrons. The molecule has 21 heavy (non-hydrogen) atoms. The van der Waals surface area contributed by atoms with Gasteiger partial charge in [0.25, 0.3) is 0 Å². The zero-order valence-electron chi connectivity index (χ0n) is 13.0. The van der Waals surface area contributed by atoms with E-state index in [1.807, 2.05) is 12.1 Å². The van der Waals surface area contributed by atoms with Crippen LogP contribution in [0.3, 0.4) is 0 Å². The quantitative estimate of drug-likeness (QED) is 0.659. The van der Waals surface area contributed by atoms with Gasteiger partial charge in [-0.25, -0.2) is 0 Å². The van der Waals surface area contributed by atoms with Crippen LogP contribution in [0, 0.1) is 5.92 Å². The maximum atomic E-state index is 6.14. The summed E-state index contributed by atoms with van der Waals surface area (Å²) < 4.78 is 0. The van der Waals surface area contributed by atoms with E-state index in [1.54, 1.807) is 0 Å². The average molecular weight is 328 g/mol. The Morgan fingerprint density at radius 1 is 1.14 bits per heavy atom. The van der Waals surface area contributed by atoms with Gasteiger partial charge in [-0.2, -0.15) is 0 Å². The lowest BCUT2D eigenvalue weighted by atomic mass is 9.83. The van der Waals surface area contributed by atoms with Crippen LogP contribution in [-0.2, 0) is 6.42 Å². The Balaban J connectivity index is 1.95. The predicted molar refractivity (Wildman–Crippen MR) is 93.4 cm³/mol. The summed E-state index contributed by atoms with van der Waals surface area (Å²) in [4.78, 5) is 0. The number of nitrogens with one attached hydrogen (secondary N) is 1. The van der Waals surface area contributed by atoms with Gasteiger partial charge in [0.2, 0.25) is 0 Å². The van der Waals surface area contributed by atoms with Crippen LogP contribution >= 0.6 is 23.2 Å². The van der Waals surface area contributed by atoms with Crippen LogP contribution in [0.15, 0.2) is 18.2 Å². The number of rotatable bonds is 7. The molecule has 1 aromatic rings. The SMILES string of the molecule is CCCNC(Cc1ccc(Cl)c(Cl)c1)CC1CCCCC1. The molecule has 1 aromatic carbocycles. The molecule has 0 amide bonds. The summed E-state index contributed by atoms with van der Waals surface area (Å²) in [5.74, 6) is 0.899. The summed E-state index contributed by atoms with van der Waals surface area (Å²) in [7, 11) is 0.